The summed E-state index contributed by atoms with van der Waals surface area (Å²) in [6, 6.07) is 0. The van der Waals surface area contributed by atoms with E-state index >= 15 is 0 Å². The normalized spacial score (nSPS) is 40.0. The maximum atomic E-state index is 5.95. The Kier molecular flexibility index (Phi) is 2.44. The van der Waals surface area contributed by atoms with Crippen molar-refractivity contribution in [1.29, 1.82) is 0 Å². The molecule has 2 unspecified atom stereocenters. The van der Waals surface area contributed by atoms with Crippen molar-refractivity contribution < 1.29 is 4.74 Å². The molecule has 15 heavy (non-hydrogen) atoms. The monoisotopic (exact) mass is 204 g/mol. The topological polar surface area (TPSA) is 9.23 Å². The molecule has 3 aliphatic rings. The molecule has 0 bridgehead atoms. The lowest BCUT2D eigenvalue weighted by Gasteiger charge is -2.51. The molecule has 0 radical (unpaired) electrons. The van der Waals surface area contributed by atoms with E-state index in [0.717, 1.165) is 6.61 Å². The predicted molar refractivity (Wildman–Crippen MR) is 61.7 cm³/mol. The van der Waals surface area contributed by atoms with Crippen LogP contribution in [0.5, 0.6) is 0 Å². The SMILES string of the molecule is C1=CC(C2CCCCC23CCO3)=CCC1. The van der Waals surface area contributed by atoms with Crippen molar-refractivity contribution in [3.05, 3.63) is 23.8 Å². The Morgan fingerprint density at radius 3 is 2.80 bits per heavy atom. The summed E-state index contributed by atoms with van der Waals surface area (Å²) in [5.74, 6) is 0.705. The van der Waals surface area contributed by atoms with Crippen LogP contribution in [0.15, 0.2) is 23.8 Å². The molecule has 2 atom stereocenters. The van der Waals surface area contributed by atoms with Crippen molar-refractivity contribution in [3.8, 4) is 0 Å². The molecule has 1 aliphatic heterocycles. The molecule has 1 spiro atoms. The fourth-order valence-corrected chi connectivity index (χ4v) is 3.41. The first kappa shape index (κ1) is 9.65. The average molecular weight is 204 g/mol. The number of allylic oxidation sites excluding steroid dienone is 3. The fourth-order valence-electron chi connectivity index (χ4n) is 3.41. The van der Waals surface area contributed by atoms with Crippen LogP contribution in [-0.2, 0) is 4.74 Å². The van der Waals surface area contributed by atoms with E-state index < -0.39 is 0 Å². The van der Waals surface area contributed by atoms with Gasteiger partial charge in [-0.3, -0.25) is 0 Å². The molecule has 1 heterocycles. The summed E-state index contributed by atoms with van der Waals surface area (Å²) in [6.45, 7) is 0.994. The maximum Gasteiger partial charge on any atom is 0.0772 e. The second-order valence-corrected chi connectivity index (χ2v) is 5.15. The summed E-state index contributed by atoms with van der Waals surface area (Å²) < 4.78 is 5.95. The minimum absolute atomic E-state index is 0.256. The van der Waals surface area contributed by atoms with Gasteiger partial charge in [0.2, 0.25) is 0 Å². The zero-order chi connectivity index (χ0) is 10.1. The predicted octanol–water partition coefficient (Wildman–Crippen LogP) is 3.61. The van der Waals surface area contributed by atoms with E-state index in [1.165, 1.54) is 44.9 Å². The molecule has 1 heteroatoms. The van der Waals surface area contributed by atoms with Crippen LogP contribution >= 0.6 is 0 Å². The number of ether oxygens (including phenoxy) is 1. The highest BCUT2D eigenvalue weighted by Crippen LogP contribution is 2.48. The van der Waals surface area contributed by atoms with Gasteiger partial charge in [-0.15, -0.1) is 0 Å². The minimum atomic E-state index is 0.256. The summed E-state index contributed by atoms with van der Waals surface area (Å²) in [6.07, 6.45) is 16.3. The number of hydrogen-bond acceptors (Lipinski definition) is 1. The lowest BCUT2D eigenvalue weighted by molar-refractivity contribution is -0.187. The van der Waals surface area contributed by atoms with Crippen LogP contribution in [0, 0.1) is 5.92 Å². The Morgan fingerprint density at radius 1 is 1.20 bits per heavy atom. The van der Waals surface area contributed by atoms with Crippen molar-refractivity contribution in [1.82, 2.24) is 0 Å². The quantitative estimate of drug-likeness (QED) is 0.634. The molecule has 1 saturated heterocycles. The van der Waals surface area contributed by atoms with Gasteiger partial charge in [0.25, 0.3) is 0 Å². The number of hydrogen-bond donors (Lipinski definition) is 0. The Bertz CT molecular complexity index is 296. The van der Waals surface area contributed by atoms with Crippen molar-refractivity contribution >= 4 is 0 Å². The van der Waals surface area contributed by atoms with Crippen LogP contribution in [0.2, 0.25) is 0 Å². The highest BCUT2D eigenvalue weighted by atomic mass is 16.5. The standard InChI is InChI=1S/C14H20O/c1-2-6-12(7-3-1)13-8-4-5-9-14(13)10-11-15-14/h2,6-7,13H,1,3-5,8-11H2. The van der Waals surface area contributed by atoms with E-state index in [9.17, 15) is 0 Å². The molecule has 0 aromatic rings. The van der Waals surface area contributed by atoms with Gasteiger partial charge in [0.05, 0.1) is 12.2 Å². The Hall–Kier alpha value is -0.560. The van der Waals surface area contributed by atoms with E-state index in [0.29, 0.717) is 5.92 Å². The fraction of sp³-hybridized carbons (Fsp3) is 0.714. The third-order valence-electron chi connectivity index (χ3n) is 4.32. The Morgan fingerprint density at radius 2 is 2.13 bits per heavy atom. The first-order valence-electron chi connectivity index (χ1n) is 6.41. The highest BCUT2D eigenvalue weighted by molar-refractivity contribution is 5.29. The smallest absolute Gasteiger partial charge is 0.0772 e. The first-order valence-corrected chi connectivity index (χ1v) is 6.41. The summed E-state index contributed by atoms with van der Waals surface area (Å²) in [7, 11) is 0. The molecule has 0 aromatic heterocycles. The van der Waals surface area contributed by atoms with E-state index in [-0.39, 0.29) is 5.60 Å². The van der Waals surface area contributed by atoms with Crippen LogP contribution in [0.3, 0.4) is 0 Å². The van der Waals surface area contributed by atoms with Crippen LogP contribution in [-0.4, -0.2) is 12.2 Å². The maximum absolute atomic E-state index is 5.95. The van der Waals surface area contributed by atoms with Gasteiger partial charge >= 0.3 is 0 Å². The van der Waals surface area contributed by atoms with Gasteiger partial charge in [0, 0.05) is 12.3 Å². The third kappa shape index (κ3) is 1.57. The zero-order valence-electron chi connectivity index (χ0n) is 9.37. The largest absolute Gasteiger partial charge is 0.374 e. The Balaban J connectivity index is 1.82. The third-order valence-corrected chi connectivity index (χ3v) is 4.32. The highest BCUT2D eigenvalue weighted by Gasteiger charge is 2.47. The molecule has 3 rings (SSSR count). The van der Waals surface area contributed by atoms with E-state index in [4.69, 9.17) is 4.74 Å². The van der Waals surface area contributed by atoms with Gasteiger partial charge in [0.15, 0.2) is 0 Å². The second kappa shape index (κ2) is 3.79. The van der Waals surface area contributed by atoms with Gasteiger partial charge in [-0.25, -0.2) is 0 Å². The average Bonchev–Trinajstić information content (AvgIpc) is 2.28. The summed E-state index contributed by atoms with van der Waals surface area (Å²) in [5, 5.41) is 0. The molecular weight excluding hydrogens is 184 g/mol. The van der Waals surface area contributed by atoms with Crippen molar-refractivity contribution in [2.75, 3.05) is 6.61 Å². The lowest BCUT2D eigenvalue weighted by atomic mass is 9.67. The van der Waals surface area contributed by atoms with Crippen molar-refractivity contribution in [2.45, 2.75) is 50.5 Å². The molecular formula is C14H20O. The molecule has 0 amide bonds. The van der Waals surface area contributed by atoms with Crippen molar-refractivity contribution in [2.24, 2.45) is 5.92 Å². The van der Waals surface area contributed by atoms with Crippen LogP contribution < -0.4 is 0 Å². The Labute approximate surface area is 92.2 Å². The van der Waals surface area contributed by atoms with E-state index in [1.807, 2.05) is 0 Å². The second-order valence-electron chi connectivity index (χ2n) is 5.15. The molecule has 0 N–H and O–H groups in total. The van der Waals surface area contributed by atoms with E-state index in [1.54, 1.807) is 5.57 Å². The zero-order valence-corrected chi connectivity index (χ0v) is 9.37. The van der Waals surface area contributed by atoms with Crippen LogP contribution in [0.25, 0.3) is 0 Å². The van der Waals surface area contributed by atoms with Crippen LogP contribution in [0.1, 0.15) is 44.9 Å². The van der Waals surface area contributed by atoms with Gasteiger partial charge in [-0.1, -0.05) is 31.1 Å². The van der Waals surface area contributed by atoms with Gasteiger partial charge in [-0.2, -0.15) is 0 Å². The van der Waals surface area contributed by atoms with Crippen molar-refractivity contribution in [3.63, 3.8) is 0 Å². The molecule has 1 saturated carbocycles. The molecule has 2 fully saturated rings. The van der Waals surface area contributed by atoms with Gasteiger partial charge in [0.1, 0.15) is 0 Å². The summed E-state index contributed by atoms with van der Waals surface area (Å²) >= 11 is 0. The van der Waals surface area contributed by atoms with Gasteiger partial charge in [-0.05, 0) is 31.3 Å². The number of rotatable bonds is 1. The minimum Gasteiger partial charge on any atom is -0.374 e. The van der Waals surface area contributed by atoms with Crippen LogP contribution in [0.4, 0.5) is 0 Å². The molecule has 82 valence electrons. The molecule has 0 aromatic carbocycles. The first-order chi connectivity index (χ1) is 7.41. The molecule has 2 aliphatic carbocycles. The summed E-state index contributed by atoms with van der Waals surface area (Å²) in [5.41, 5.74) is 1.83. The molecule has 1 nitrogen and oxygen atoms in total. The summed E-state index contributed by atoms with van der Waals surface area (Å²) in [4.78, 5) is 0. The van der Waals surface area contributed by atoms with E-state index in [2.05, 4.69) is 18.2 Å². The lowest BCUT2D eigenvalue weighted by Crippen LogP contribution is -2.52. The van der Waals surface area contributed by atoms with Gasteiger partial charge < -0.3 is 4.74 Å².